The third kappa shape index (κ3) is 2.99. The molecule has 1 heterocycles. The number of imidazole rings is 1. The number of fused-ring (bicyclic) bond motifs is 1. The van der Waals surface area contributed by atoms with E-state index in [9.17, 15) is 9.18 Å². The first kappa shape index (κ1) is 16.0. The lowest BCUT2D eigenvalue weighted by Crippen LogP contribution is -2.33. The first-order valence-corrected chi connectivity index (χ1v) is 7.25. The zero-order valence-corrected chi connectivity index (χ0v) is 13.5. The fourth-order valence-electron chi connectivity index (χ4n) is 2.50. The summed E-state index contributed by atoms with van der Waals surface area (Å²) in [6.45, 7) is 5.42. The van der Waals surface area contributed by atoms with E-state index in [0.717, 1.165) is 0 Å². The third-order valence-electron chi connectivity index (χ3n) is 3.29. The van der Waals surface area contributed by atoms with E-state index >= 15 is 0 Å². The summed E-state index contributed by atoms with van der Waals surface area (Å²) >= 11 is 12.0. The van der Waals surface area contributed by atoms with E-state index in [1.165, 1.54) is 12.1 Å². The Balaban J connectivity index is 2.77. The molecule has 7 heteroatoms. The number of carbonyl (C=O) groups excluding carboxylic acids is 1. The minimum Gasteiger partial charge on any atom is -0.370 e. The molecule has 114 valence electrons. The standard InChI is InChI=1S/C14H16Cl2FN3O/c1-7(15)13-19-10-4-8(16)9(17)5-11(10)20(13)14(2,3)6-12(18)21/h4-5,7H,6H2,1-3H3,(H2,18,21). The number of alkyl halides is 1. The Morgan fingerprint density at radius 1 is 1.52 bits per heavy atom. The number of nitrogens with zero attached hydrogens (tertiary/aromatic N) is 2. The van der Waals surface area contributed by atoms with Gasteiger partial charge in [0.25, 0.3) is 0 Å². The normalized spacial score (nSPS) is 13.6. The molecule has 0 radical (unpaired) electrons. The van der Waals surface area contributed by atoms with Crippen molar-refractivity contribution in [3.63, 3.8) is 0 Å². The van der Waals surface area contributed by atoms with E-state index < -0.39 is 22.6 Å². The molecule has 0 aliphatic rings. The molecule has 4 nitrogen and oxygen atoms in total. The zero-order valence-electron chi connectivity index (χ0n) is 12.0. The van der Waals surface area contributed by atoms with Crippen LogP contribution in [-0.2, 0) is 10.3 Å². The van der Waals surface area contributed by atoms with Gasteiger partial charge in [-0.3, -0.25) is 4.79 Å². The fraction of sp³-hybridized carbons (Fsp3) is 0.429. The molecule has 2 aromatic rings. The van der Waals surface area contributed by atoms with Crippen molar-refractivity contribution < 1.29 is 9.18 Å². The Morgan fingerprint density at radius 3 is 2.67 bits per heavy atom. The second-order valence-electron chi connectivity index (χ2n) is 5.63. The topological polar surface area (TPSA) is 60.9 Å². The maximum Gasteiger partial charge on any atom is 0.219 e. The van der Waals surface area contributed by atoms with E-state index in [-0.39, 0.29) is 11.4 Å². The van der Waals surface area contributed by atoms with Crippen molar-refractivity contribution in [2.24, 2.45) is 5.73 Å². The maximum atomic E-state index is 13.8. The molecule has 2 rings (SSSR count). The molecule has 1 atom stereocenters. The van der Waals surface area contributed by atoms with Crippen molar-refractivity contribution in [1.82, 2.24) is 9.55 Å². The van der Waals surface area contributed by atoms with Gasteiger partial charge in [-0.2, -0.15) is 0 Å². The van der Waals surface area contributed by atoms with Crippen LogP contribution in [0.15, 0.2) is 12.1 Å². The number of benzene rings is 1. The van der Waals surface area contributed by atoms with Gasteiger partial charge in [-0.25, -0.2) is 9.37 Å². The Bertz CT molecular complexity index is 710. The predicted octanol–water partition coefficient (Wildman–Crippen LogP) is 3.74. The molecule has 0 bridgehead atoms. The molecule has 0 spiro atoms. The SMILES string of the molecule is CC(Cl)c1nc2cc(Cl)c(F)cc2n1C(C)(C)CC(N)=O. The Kier molecular flexibility index (Phi) is 4.17. The van der Waals surface area contributed by atoms with Crippen LogP contribution in [0, 0.1) is 5.82 Å². The number of hydrogen-bond acceptors (Lipinski definition) is 2. The van der Waals surface area contributed by atoms with Gasteiger partial charge < -0.3 is 10.3 Å². The smallest absolute Gasteiger partial charge is 0.219 e. The summed E-state index contributed by atoms with van der Waals surface area (Å²) in [4.78, 5) is 15.7. The Hall–Kier alpha value is -1.33. The second-order valence-corrected chi connectivity index (χ2v) is 6.69. The van der Waals surface area contributed by atoms with Crippen molar-refractivity contribution in [3.8, 4) is 0 Å². The van der Waals surface area contributed by atoms with Crippen LogP contribution < -0.4 is 5.73 Å². The van der Waals surface area contributed by atoms with Crippen LogP contribution >= 0.6 is 23.2 Å². The summed E-state index contributed by atoms with van der Waals surface area (Å²) in [5.41, 5.74) is 5.69. The summed E-state index contributed by atoms with van der Waals surface area (Å²) in [6, 6.07) is 2.75. The summed E-state index contributed by atoms with van der Waals surface area (Å²) in [5.74, 6) is -0.460. The van der Waals surface area contributed by atoms with Gasteiger partial charge in [-0.1, -0.05) is 11.6 Å². The third-order valence-corrected chi connectivity index (χ3v) is 3.78. The summed E-state index contributed by atoms with van der Waals surface area (Å²) in [5, 5.41) is -0.417. The van der Waals surface area contributed by atoms with Crippen molar-refractivity contribution in [1.29, 1.82) is 0 Å². The zero-order chi connectivity index (χ0) is 15.9. The fourth-order valence-corrected chi connectivity index (χ4v) is 2.80. The molecule has 21 heavy (non-hydrogen) atoms. The van der Waals surface area contributed by atoms with Crippen LogP contribution in [0.1, 0.15) is 38.4 Å². The monoisotopic (exact) mass is 331 g/mol. The van der Waals surface area contributed by atoms with E-state index in [0.29, 0.717) is 16.9 Å². The van der Waals surface area contributed by atoms with Gasteiger partial charge in [0, 0.05) is 18.0 Å². The molecule has 0 aliphatic heterocycles. The molecule has 1 aromatic carbocycles. The van der Waals surface area contributed by atoms with Crippen LogP contribution in [0.2, 0.25) is 5.02 Å². The van der Waals surface area contributed by atoms with Gasteiger partial charge in [-0.15, -0.1) is 11.6 Å². The highest BCUT2D eigenvalue weighted by Crippen LogP contribution is 2.34. The highest BCUT2D eigenvalue weighted by atomic mass is 35.5. The van der Waals surface area contributed by atoms with E-state index in [2.05, 4.69) is 4.98 Å². The number of aromatic nitrogens is 2. The molecule has 0 saturated heterocycles. The first-order valence-electron chi connectivity index (χ1n) is 6.43. The lowest BCUT2D eigenvalue weighted by atomic mass is 9.99. The average molecular weight is 332 g/mol. The lowest BCUT2D eigenvalue weighted by Gasteiger charge is -2.29. The number of rotatable bonds is 4. The van der Waals surface area contributed by atoms with Crippen molar-refractivity contribution >= 4 is 40.1 Å². The quantitative estimate of drug-likeness (QED) is 0.867. The Morgan fingerprint density at radius 2 is 2.14 bits per heavy atom. The van der Waals surface area contributed by atoms with Crippen molar-refractivity contribution in [2.45, 2.75) is 38.1 Å². The minimum atomic E-state index is -0.681. The number of amides is 1. The number of halogens is 3. The summed E-state index contributed by atoms with van der Waals surface area (Å²) in [6.07, 6.45) is 0.0827. The predicted molar refractivity (Wildman–Crippen MR) is 82.1 cm³/mol. The number of primary amides is 1. The van der Waals surface area contributed by atoms with Gasteiger partial charge in [0.05, 0.1) is 21.4 Å². The number of carbonyl (C=O) groups is 1. The van der Waals surface area contributed by atoms with Gasteiger partial charge in [0.15, 0.2) is 0 Å². The second kappa shape index (κ2) is 5.46. The van der Waals surface area contributed by atoms with Crippen molar-refractivity contribution in [3.05, 3.63) is 28.8 Å². The van der Waals surface area contributed by atoms with Crippen LogP contribution in [-0.4, -0.2) is 15.5 Å². The molecule has 0 fully saturated rings. The van der Waals surface area contributed by atoms with Crippen molar-refractivity contribution in [2.75, 3.05) is 0 Å². The van der Waals surface area contributed by atoms with E-state index in [1.807, 2.05) is 13.8 Å². The van der Waals surface area contributed by atoms with Crippen LogP contribution in [0.4, 0.5) is 4.39 Å². The van der Waals surface area contributed by atoms with Crippen LogP contribution in [0.25, 0.3) is 11.0 Å². The van der Waals surface area contributed by atoms with E-state index in [4.69, 9.17) is 28.9 Å². The molecular formula is C14H16Cl2FN3O. The van der Waals surface area contributed by atoms with E-state index in [1.54, 1.807) is 11.5 Å². The molecule has 1 aromatic heterocycles. The first-order chi connectivity index (χ1) is 9.63. The van der Waals surface area contributed by atoms with Gasteiger partial charge in [0.1, 0.15) is 11.6 Å². The molecule has 0 aliphatic carbocycles. The van der Waals surface area contributed by atoms with Gasteiger partial charge >= 0.3 is 0 Å². The minimum absolute atomic E-state index is 0.00590. The highest BCUT2D eigenvalue weighted by Gasteiger charge is 2.30. The molecule has 0 saturated carbocycles. The lowest BCUT2D eigenvalue weighted by molar-refractivity contribution is -0.119. The molecule has 2 N–H and O–H groups in total. The molecule has 1 unspecified atom stereocenters. The summed E-state index contributed by atoms with van der Waals surface area (Å²) in [7, 11) is 0. The Labute approximate surface area is 132 Å². The maximum absolute atomic E-state index is 13.8. The highest BCUT2D eigenvalue weighted by molar-refractivity contribution is 6.31. The largest absolute Gasteiger partial charge is 0.370 e. The number of nitrogens with two attached hydrogens (primary N) is 1. The molecular weight excluding hydrogens is 316 g/mol. The molecule has 1 amide bonds. The van der Waals surface area contributed by atoms with Gasteiger partial charge in [0.2, 0.25) is 5.91 Å². The van der Waals surface area contributed by atoms with Gasteiger partial charge in [-0.05, 0) is 26.8 Å². The summed E-state index contributed by atoms with van der Waals surface area (Å²) < 4.78 is 15.5. The van der Waals surface area contributed by atoms with Crippen LogP contribution in [0.5, 0.6) is 0 Å². The number of hydrogen-bond donors (Lipinski definition) is 1. The average Bonchev–Trinajstić information content (AvgIpc) is 2.67. The van der Waals surface area contributed by atoms with Crippen LogP contribution in [0.3, 0.4) is 0 Å².